The predicted molar refractivity (Wildman–Crippen MR) is 146 cm³/mol. The molecule has 5 rings (SSSR count). The van der Waals surface area contributed by atoms with Gasteiger partial charge in [0.1, 0.15) is 23.0 Å². The molecule has 1 saturated heterocycles. The zero-order valence-electron chi connectivity index (χ0n) is 21.2. The molecule has 0 radical (unpaired) electrons. The van der Waals surface area contributed by atoms with Crippen LogP contribution < -0.4 is 14.8 Å². The summed E-state index contributed by atoms with van der Waals surface area (Å²) >= 11 is 0. The number of aromatic nitrogens is 1. The number of carbonyl (C=O) groups is 1. The Morgan fingerprint density at radius 3 is 2.53 bits per heavy atom. The molecule has 1 N–H and O–H groups in total. The Hall–Kier alpha value is -4.20. The molecule has 2 aliphatic rings. The van der Waals surface area contributed by atoms with Crippen molar-refractivity contribution in [1.82, 2.24) is 15.2 Å². The van der Waals surface area contributed by atoms with E-state index in [1.807, 2.05) is 85.1 Å². The summed E-state index contributed by atoms with van der Waals surface area (Å²) in [7, 11) is 0. The number of amides is 1. The molecule has 1 fully saturated rings. The Morgan fingerprint density at radius 1 is 1.00 bits per heavy atom. The molecule has 0 saturated carbocycles. The first-order chi connectivity index (χ1) is 18.7. The van der Waals surface area contributed by atoms with Gasteiger partial charge < -0.3 is 19.5 Å². The SMILES string of the molecule is O=C(/C=C/CN1CCOCC1)NC1=CC=CC(c2cnccc2Oc2ccc(Oc3ccccc3)cc2)C1. The molecule has 1 amide bonds. The van der Waals surface area contributed by atoms with E-state index in [0.29, 0.717) is 12.2 Å². The van der Waals surface area contributed by atoms with Crippen LogP contribution in [0.5, 0.6) is 23.0 Å². The number of hydrogen-bond donors (Lipinski definition) is 1. The van der Waals surface area contributed by atoms with Crippen molar-refractivity contribution in [2.75, 3.05) is 32.8 Å². The lowest BCUT2D eigenvalue weighted by atomic mass is 9.91. The van der Waals surface area contributed by atoms with E-state index < -0.39 is 0 Å². The summed E-state index contributed by atoms with van der Waals surface area (Å²) in [6, 6.07) is 19.1. The van der Waals surface area contributed by atoms with Crippen LogP contribution in [0.4, 0.5) is 0 Å². The molecule has 0 spiro atoms. The van der Waals surface area contributed by atoms with Crippen molar-refractivity contribution in [1.29, 1.82) is 0 Å². The zero-order valence-corrected chi connectivity index (χ0v) is 21.2. The van der Waals surface area contributed by atoms with Gasteiger partial charge in [0.25, 0.3) is 0 Å². The van der Waals surface area contributed by atoms with Crippen molar-refractivity contribution in [3.05, 3.63) is 115 Å². The maximum absolute atomic E-state index is 12.5. The van der Waals surface area contributed by atoms with Gasteiger partial charge >= 0.3 is 0 Å². The van der Waals surface area contributed by atoms with Crippen molar-refractivity contribution < 1.29 is 19.0 Å². The minimum absolute atomic E-state index is 0.0250. The molecule has 194 valence electrons. The summed E-state index contributed by atoms with van der Waals surface area (Å²) in [5, 5.41) is 3.02. The normalized spacial score (nSPS) is 17.7. The standard InChI is InChI=1S/C31H31N3O4/c35-31(10-5-17-34-18-20-36-21-19-34)33-25-7-4-6-24(22-25)29-23-32-16-15-30(29)38-28-13-11-27(12-14-28)37-26-8-2-1-3-9-26/h1-16,23-24H,17-22H2,(H,33,35)/b10-5+. The summed E-state index contributed by atoms with van der Waals surface area (Å²) in [6.45, 7) is 4.02. The molecule has 38 heavy (non-hydrogen) atoms. The van der Waals surface area contributed by atoms with Gasteiger partial charge in [0.2, 0.25) is 5.91 Å². The zero-order chi connectivity index (χ0) is 26.0. The number of ether oxygens (including phenoxy) is 3. The average molecular weight is 510 g/mol. The van der Waals surface area contributed by atoms with Crippen LogP contribution in [0.1, 0.15) is 17.9 Å². The van der Waals surface area contributed by atoms with Gasteiger partial charge in [-0.25, -0.2) is 0 Å². The molecule has 2 aromatic carbocycles. The minimum atomic E-state index is -0.126. The van der Waals surface area contributed by atoms with Gasteiger partial charge in [0.05, 0.1) is 13.2 Å². The maximum atomic E-state index is 12.5. The lowest BCUT2D eigenvalue weighted by molar-refractivity contribution is -0.115. The number of morpholine rings is 1. The van der Waals surface area contributed by atoms with Gasteiger partial charge in [-0.3, -0.25) is 14.7 Å². The van der Waals surface area contributed by atoms with E-state index in [-0.39, 0.29) is 11.8 Å². The van der Waals surface area contributed by atoms with Crippen molar-refractivity contribution in [3.8, 4) is 23.0 Å². The van der Waals surface area contributed by atoms with Crippen LogP contribution in [0.15, 0.2) is 109 Å². The molecular weight excluding hydrogens is 478 g/mol. The van der Waals surface area contributed by atoms with Crippen LogP contribution in [0, 0.1) is 0 Å². The highest BCUT2D eigenvalue weighted by atomic mass is 16.5. The summed E-state index contributed by atoms with van der Waals surface area (Å²) in [5.74, 6) is 2.84. The largest absolute Gasteiger partial charge is 0.457 e. The van der Waals surface area contributed by atoms with Crippen molar-refractivity contribution in [3.63, 3.8) is 0 Å². The minimum Gasteiger partial charge on any atom is -0.457 e. The maximum Gasteiger partial charge on any atom is 0.247 e. The summed E-state index contributed by atoms with van der Waals surface area (Å²) < 4.78 is 17.5. The van der Waals surface area contributed by atoms with E-state index in [0.717, 1.165) is 61.4 Å². The van der Waals surface area contributed by atoms with Crippen LogP contribution in [0.3, 0.4) is 0 Å². The lowest BCUT2D eigenvalue weighted by Crippen LogP contribution is -2.36. The molecule has 7 nitrogen and oxygen atoms in total. The monoisotopic (exact) mass is 509 g/mol. The van der Waals surface area contributed by atoms with Gasteiger partial charge in [0, 0.05) is 55.3 Å². The smallest absolute Gasteiger partial charge is 0.247 e. The Bertz CT molecular complexity index is 1300. The fourth-order valence-corrected chi connectivity index (χ4v) is 4.37. The number of allylic oxidation sites excluding steroid dienone is 4. The first-order valence-electron chi connectivity index (χ1n) is 12.8. The molecule has 1 aliphatic carbocycles. The summed E-state index contributed by atoms with van der Waals surface area (Å²) in [5.41, 5.74) is 1.81. The molecule has 1 unspecified atom stereocenters. The van der Waals surface area contributed by atoms with Crippen LogP contribution in [-0.2, 0) is 9.53 Å². The third-order valence-electron chi connectivity index (χ3n) is 6.34. The van der Waals surface area contributed by atoms with Crippen molar-refractivity contribution in [2.24, 2.45) is 0 Å². The van der Waals surface area contributed by atoms with E-state index in [4.69, 9.17) is 14.2 Å². The summed E-state index contributed by atoms with van der Waals surface area (Å²) in [4.78, 5) is 19.1. The second-order valence-corrected chi connectivity index (χ2v) is 9.09. The number of benzene rings is 2. The first kappa shape index (κ1) is 25.4. The molecule has 3 aromatic rings. The lowest BCUT2D eigenvalue weighted by Gasteiger charge is -2.25. The highest BCUT2D eigenvalue weighted by molar-refractivity contribution is 5.88. The molecule has 7 heteroatoms. The number of carbonyl (C=O) groups excluding carboxylic acids is 1. The highest BCUT2D eigenvalue weighted by Gasteiger charge is 2.19. The van der Waals surface area contributed by atoms with E-state index in [2.05, 4.69) is 21.3 Å². The van der Waals surface area contributed by atoms with Crippen molar-refractivity contribution in [2.45, 2.75) is 12.3 Å². The third kappa shape index (κ3) is 7.18. The summed E-state index contributed by atoms with van der Waals surface area (Å²) in [6.07, 6.45) is 13.7. The second kappa shape index (κ2) is 12.9. The van der Waals surface area contributed by atoms with E-state index in [1.54, 1.807) is 12.3 Å². The molecule has 1 atom stereocenters. The van der Waals surface area contributed by atoms with E-state index in [9.17, 15) is 4.79 Å². The molecule has 0 bridgehead atoms. The van der Waals surface area contributed by atoms with Gasteiger partial charge in [-0.1, -0.05) is 36.4 Å². The molecular formula is C31H31N3O4. The van der Waals surface area contributed by atoms with E-state index in [1.165, 1.54) is 0 Å². The predicted octanol–water partition coefficient (Wildman–Crippen LogP) is 5.60. The van der Waals surface area contributed by atoms with Gasteiger partial charge in [0.15, 0.2) is 0 Å². The molecule has 2 heterocycles. The Balaban J connectivity index is 1.18. The fourth-order valence-electron chi connectivity index (χ4n) is 4.37. The number of hydrogen-bond acceptors (Lipinski definition) is 6. The molecule has 1 aliphatic heterocycles. The topological polar surface area (TPSA) is 72.9 Å². The fraction of sp³-hybridized carbons (Fsp3) is 0.226. The number of pyridine rings is 1. The van der Waals surface area contributed by atoms with Gasteiger partial charge in [-0.15, -0.1) is 0 Å². The Labute approximate surface area is 223 Å². The van der Waals surface area contributed by atoms with Crippen molar-refractivity contribution >= 4 is 5.91 Å². The van der Waals surface area contributed by atoms with Crippen LogP contribution in [0.2, 0.25) is 0 Å². The van der Waals surface area contributed by atoms with Crippen LogP contribution in [-0.4, -0.2) is 48.6 Å². The number of nitrogens with one attached hydrogen (secondary N) is 1. The number of para-hydroxylation sites is 1. The average Bonchev–Trinajstić information content (AvgIpc) is 2.96. The van der Waals surface area contributed by atoms with Gasteiger partial charge in [-0.05, 0) is 55.0 Å². The van der Waals surface area contributed by atoms with E-state index >= 15 is 0 Å². The van der Waals surface area contributed by atoms with Crippen LogP contribution in [0.25, 0.3) is 0 Å². The third-order valence-corrected chi connectivity index (χ3v) is 6.34. The van der Waals surface area contributed by atoms with Gasteiger partial charge in [-0.2, -0.15) is 0 Å². The number of nitrogens with zero attached hydrogens (tertiary/aromatic N) is 2. The highest BCUT2D eigenvalue weighted by Crippen LogP contribution is 2.36. The van der Waals surface area contributed by atoms with Crippen LogP contribution >= 0.6 is 0 Å². The first-order valence-corrected chi connectivity index (χ1v) is 12.8. The second-order valence-electron chi connectivity index (χ2n) is 9.09. The quantitative estimate of drug-likeness (QED) is 0.379. The number of rotatable bonds is 9. The Kier molecular flexibility index (Phi) is 8.61. The Morgan fingerprint density at radius 2 is 1.74 bits per heavy atom. The molecule has 1 aromatic heterocycles.